The number of rotatable bonds is 1. The van der Waals surface area contributed by atoms with Gasteiger partial charge in [0, 0.05) is 5.56 Å². The van der Waals surface area contributed by atoms with Crippen LogP contribution in [-0.2, 0) is 0 Å². The molecule has 0 aromatic heterocycles. The van der Waals surface area contributed by atoms with E-state index in [1.165, 1.54) is 6.92 Å². The number of hydrogen-bond donors (Lipinski definition) is 2. The van der Waals surface area contributed by atoms with Crippen molar-refractivity contribution in [3.8, 4) is 0 Å². The molecule has 2 nitrogen and oxygen atoms in total. The van der Waals surface area contributed by atoms with E-state index < -0.39 is 17.9 Å². The van der Waals surface area contributed by atoms with Crippen molar-refractivity contribution in [2.24, 2.45) is 0 Å². The Labute approximate surface area is 68.1 Å². The molecule has 0 unspecified atom stereocenters. The molecule has 0 radical (unpaired) electrons. The van der Waals surface area contributed by atoms with Crippen LogP contribution < -0.4 is 0 Å². The summed E-state index contributed by atoms with van der Waals surface area (Å²) in [6.45, 7) is 1.28. The van der Waals surface area contributed by atoms with Gasteiger partial charge in [-0.15, -0.1) is 0 Å². The molecule has 1 aromatic carbocycles. The molecule has 0 amide bonds. The number of hydrogen-bond acceptors (Lipinski definition) is 2. The number of aliphatic hydroxyl groups excluding tert-OH is 1. The van der Waals surface area contributed by atoms with E-state index in [1.54, 1.807) is 0 Å². The van der Waals surface area contributed by atoms with Gasteiger partial charge < -0.3 is 10.2 Å². The van der Waals surface area contributed by atoms with Gasteiger partial charge in [0.15, 0.2) is 17.9 Å². The smallest absolute Gasteiger partial charge is 0.178 e. The molecule has 0 aliphatic rings. The van der Waals surface area contributed by atoms with Gasteiger partial charge in [-0.2, -0.15) is 0 Å². The second kappa shape index (κ2) is 3.16. The Bertz CT molecular complexity index is 297. The summed E-state index contributed by atoms with van der Waals surface area (Å²) >= 11 is 0. The lowest BCUT2D eigenvalue weighted by Crippen LogP contribution is -2.01. The lowest BCUT2D eigenvalue weighted by Gasteiger charge is -2.08. The van der Waals surface area contributed by atoms with Crippen LogP contribution in [-0.4, -0.2) is 10.2 Å². The minimum absolute atomic E-state index is 0.0195. The summed E-state index contributed by atoms with van der Waals surface area (Å²) in [6, 6.07) is 2.00. The Morgan fingerprint density at radius 3 is 2.33 bits per heavy atom. The highest BCUT2D eigenvalue weighted by Gasteiger charge is 2.13. The standard InChI is InChI=1S/C8H8F2O2/c1-4-5(8(11)12)2-3-6(9)7(4)10/h2-3,8,11-12H,1H3. The van der Waals surface area contributed by atoms with Crippen LogP contribution in [0.4, 0.5) is 8.78 Å². The van der Waals surface area contributed by atoms with E-state index in [9.17, 15) is 8.78 Å². The summed E-state index contributed by atoms with van der Waals surface area (Å²) in [5.74, 6) is -2.03. The number of benzene rings is 1. The van der Waals surface area contributed by atoms with Crippen molar-refractivity contribution >= 4 is 0 Å². The predicted octanol–water partition coefficient (Wildman–Crippen LogP) is 1.26. The van der Waals surface area contributed by atoms with E-state index in [4.69, 9.17) is 10.2 Å². The van der Waals surface area contributed by atoms with Gasteiger partial charge >= 0.3 is 0 Å². The van der Waals surface area contributed by atoms with E-state index in [1.807, 2.05) is 0 Å². The lowest BCUT2D eigenvalue weighted by atomic mass is 10.1. The van der Waals surface area contributed by atoms with Gasteiger partial charge in [-0.25, -0.2) is 8.78 Å². The molecule has 4 heteroatoms. The van der Waals surface area contributed by atoms with Crippen molar-refractivity contribution < 1.29 is 19.0 Å². The monoisotopic (exact) mass is 174 g/mol. The second-order valence-electron chi connectivity index (χ2n) is 2.45. The van der Waals surface area contributed by atoms with Crippen molar-refractivity contribution in [2.45, 2.75) is 13.2 Å². The SMILES string of the molecule is Cc1c(C(O)O)ccc(F)c1F. The van der Waals surface area contributed by atoms with Crippen LogP contribution in [0, 0.1) is 18.6 Å². The summed E-state index contributed by atoms with van der Waals surface area (Å²) < 4.78 is 25.2. The molecule has 0 heterocycles. The zero-order valence-electron chi connectivity index (χ0n) is 6.38. The predicted molar refractivity (Wildman–Crippen MR) is 38.3 cm³/mol. The quantitative estimate of drug-likeness (QED) is 0.629. The van der Waals surface area contributed by atoms with Crippen LogP contribution in [0.1, 0.15) is 17.4 Å². The molecule has 66 valence electrons. The third-order valence-corrected chi connectivity index (χ3v) is 1.66. The first-order valence-electron chi connectivity index (χ1n) is 3.34. The van der Waals surface area contributed by atoms with E-state index in [0.717, 1.165) is 12.1 Å². The first-order valence-corrected chi connectivity index (χ1v) is 3.34. The molecule has 0 saturated heterocycles. The fraction of sp³-hybridized carbons (Fsp3) is 0.250. The zero-order valence-corrected chi connectivity index (χ0v) is 6.38. The van der Waals surface area contributed by atoms with Crippen molar-refractivity contribution in [1.29, 1.82) is 0 Å². The molecular formula is C8H8F2O2. The van der Waals surface area contributed by atoms with Crippen LogP contribution in [0.2, 0.25) is 0 Å². The third kappa shape index (κ3) is 1.44. The highest BCUT2D eigenvalue weighted by Crippen LogP contribution is 2.19. The highest BCUT2D eigenvalue weighted by atomic mass is 19.2. The molecule has 1 rings (SSSR count). The van der Waals surface area contributed by atoms with Crippen molar-refractivity contribution in [3.63, 3.8) is 0 Å². The van der Waals surface area contributed by atoms with Crippen LogP contribution >= 0.6 is 0 Å². The van der Waals surface area contributed by atoms with E-state index >= 15 is 0 Å². The highest BCUT2D eigenvalue weighted by molar-refractivity contribution is 5.28. The molecular weight excluding hydrogens is 166 g/mol. The van der Waals surface area contributed by atoms with Crippen molar-refractivity contribution in [3.05, 3.63) is 34.9 Å². The summed E-state index contributed by atoms with van der Waals surface area (Å²) in [5.41, 5.74) is -0.0982. The Morgan fingerprint density at radius 1 is 1.25 bits per heavy atom. The fourth-order valence-electron chi connectivity index (χ4n) is 0.947. The number of halogens is 2. The normalized spacial score (nSPS) is 10.8. The average molecular weight is 174 g/mol. The molecule has 0 saturated carbocycles. The van der Waals surface area contributed by atoms with Crippen molar-refractivity contribution in [2.75, 3.05) is 0 Å². The average Bonchev–Trinajstić information content (AvgIpc) is 2.00. The topological polar surface area (TPSA) is 40.5 Å². The second-order valence-corrected chi connectivity index (χ2v) is 2.45. The van der Waals surface area contributed by atoms with Crippen LogP contribution in [0.3, 0.4) is 0 Å². The molecule has 12 heavy (non-hydrogen) atoms. The van der Waals surface area contributed by atoms with Gasteiger partial charge in [-0.05, 0) is 18.6 Å². The van der Waals surface area contributed by atoms with Gasteiger partial charge in [-0.1, -0.05) is 6.07 Å². The van der Waals surface area contributed by atoms with Gasteiger partial charge in [-0.3, -0.25) is 0 Å². The van der Waals surface area contributed by atoms with Gasteiger partial charge in [0.05, 0.1) is 0 Å². The Hall–Kier alpha value is -1.00. The summed E-state index contributed by atoms with van der Waals surface area (Å²) in [7, 11) is 0. The number of aliphatic hydroxyl groups is 2. The zero-order chi connectivity index (χ0) is 9.30. The largest absolute Gasteiger partial charge is 0.364 e. The first kappa shape index (κ1) is 9.09. The van der Waals surface area contributed by atoms with Crippen LogP contribution in [0.25, 0.3) is 0 Å². The maximum absolute atomic E-state index is 12.8. The molecule has 0 aliphatic carbocycles. The summed E-state index contributed by atoms with van der Waals surface area (Å²) in [6.07, 6.45) is -1.76. The summed E-state index contributed by atoms with van der Waals surface area (Å²) in [5, 5.41) is 17.4. The minimum atomic E-state index is -1.76. The summed E-state index contributed by atoms with van der Waals surface area (Å²) in [4.78, 5) is 0. The molecule has 0 atom stereocenters. The lowest BCUT2D eigenvalue weighted by molar-refractivity contribution is -0.0432. The molecule has 1 aromatic rings. The molecule has 0 spiro atoms. The molecule has 2 N–H and O–H groups in total. The van der Waals surface area contributed by atoms with Gasteiger partial charge in [0.25, 0.3) is 0 Å². The Balaban J connectivity index is 3.27. The molecule has 0 bridgehead atoms. The fourth-order valence-corrected chi connectivity index (χ4v) is 0.947. The van der Waals surface area contributed by atoms with Crippen LogP contribution in [0.5, 0.6) is 0 Å². The Morgan fingerprint density at radius 2 is 1.83 bits per heavy atom. The van der Waals surface area contributed by atoms with E-state index in [0.29, 0.717) is 0 Å². The third-order valence-electron chi connectivity index (χ3n) is 1.66. The van der Waals surface area contributed by atoms with Crippen LogP contribution in [0.15, 0.2) is 12.1 Å². The first-order chi connectivity index (χ1) is 5.54. The van der Waals surface area contributed by atoms with Gasteiger partial charge in [0.2, 0.25) is 0 Å². The molecule has 0 fully saturated rings. The maximum atomic E-state index is 12.8. The van der Waals surface area contributed by atoms with Gasteiger partial charge in [0.1, 0.15) is 0 Å². The van der Waals surface area contributed by atoms with E-state index in [-0.39, 0.29) is 11.1 Å². The maximum Gasteiger partial charge on any atom is 0.178 e. The molecule has 0 aliphatic heterocycles. The Kier molecular flexibility index (Phi) is 2.40. The minimum Gasteiger partial charge on any atom is -0.364 e. The van der Waals surface area contributed by atoms with Crippen molar-refractivity contribution in [1.82, 2.24) is 0 Å². The van der Waals surface area contributed by atoms with E-state index in [2.05, 4.69) is 0 Å².